The van der Waals surface area contributed by atoms with E-state index in [2.05, 4.69) is 0 Å². The van der Waals surface area contributed by atoms with Crippen molar-refractivity contribution in [1.29, 1.82) is 0 Å². The molecule has 0 aromatic carbocycles. The van der Waals surface area contributed by atoms with E-state index in [1.54, 1.807) is 0 Å². The van der Waals surface area contributed by atoms with E-state index in [4.69, 9.17) is 19.9 Å². The highest BCUT2D eigenvalue weighted by atomic mass is 16.6. The highest BCUT2D eigenvalue weighted by Crippen LogP contribution is 2.25. The van der Waals surface area contributed by atoms with Crippen molar-refractivity contribution in [3.63, 3.8) is 0 Å². The Balaban J connectivity index is 2.20. The van der Waals surface area contributed by atoms with Crippen LogP contribution in [0.15, 0.2) is 0 Å². The maximum Gasteiger partial charge on any atom is 0.132 e. The third kappa shape index (κ3) is 7.69. The average molecular weight is 333 g/mol. The fourth-order valence-corrected chi connectivity index (χ4v) is 2.58. The molecule has 1 heterocycles. The largest absolute Gasteiger partial charge is 0.390 e. The normalized spacial score (nSPS) is 28.0. The van der Waals surface area contributed by atoms with Crippen LogP contribution in [-0.4, -0.2) is 73.9 Å². The molecule has 0 radical (unpaired) electrons. The van der Waals surface area contributed by atoms with Gasteiger partial charge in [0.15, 0.2) is 0 Å². The lowest BCUT2D eigenvalue weighted by Crippen LogP contribution is -2.51. The van der Waals surface area contributed by atoms with E-state index in [0.29, 0.717) is 58.7 Å². The summed E-state index contributed by atoms with van der Waals surface area (Å²) in [6.45, 7) is 4.23. The van der Waals surface area contributed by atoms with Crippen LogP contribution in [0.2, 0.25) is 0 Å². The van der Waals surface area contributed by atoms with Gasteiger partial charge in [-0.3, -0.25) is 4.79 Å². The van der Waals surface area contributed by atoms with E-state index in [1.807, 2.05) is 6.92 Å². The lowest BCUT2D eigenvalue weighted by atomic mass is 9.88. The number of aliphatic hydroxyl groups excluding tert-OH is 2. The van der Waals surface area contributed by atoms with E-state index in [9.17, 15) is 15.0 Å². The van der Waals surface area contributed by atoms with E-state index in [0.717, 1.165) is 0 Å². The topological polar surface area (TPSA) is 111 Å². The summed E-state index contributed by atoms with van der Waals surface area (Å²) in [5.41, 5.74) is 5.30. The molecule has 1 aliphatic rings. The van der Waals surface area contributed by atoms with Gasteiger partial charge in [-0.15, -0.1) is 0 Å². The number of hydrogen-bond acceptors (Lipinski definition) is 7. The molecule has 7 heteroatoms. The van der Waals surface area contributed by atoms with E-state index in [1.165, 1.54) is 0 Å². The van der Waals surface area contributed by atoms with Gasteiger partial charge in [0.25, 0.3) is 0 Å². The van der Waals surface area contributed by atoms with Crippen molar-refractivity contribution in [3.8, 4) is 0 Å². The summed E-state index contributed by atoms with van der Waals surface area (Å²) in [7, 11) is 0. The van der Waals surface area contributed by atoms with Gasteiger partial charge in [0.05, 0.1) is 39.1 Å². The maximum atomic E-state index is 11.3. The number of nitrogens with two attached hydrogens (primary N) is 1. The van der Waals surface area contributed by atoms with Crippen molar-refractivity contribution in [3.05, 3.63) is 0 Å². The Morgan fingerprint density at radius 3 is 2.65 bits per heavy atom. The molecule has 0 spiro atoms. The number of carbonyl (C=O) groups is 1. The zero-order chi connectivity index (χ0) is 17.1. The monoisotopic (exact) mass is 333 g/mol. The Bertz CT molecular complexity index is 328. The molecule has 0 saturated carbocycles. The van der Waals surface area contributed by atoms with Crippen LogP contribution in [0.1, 0.15) is 32.6 Å². The summed E-state index contributed by atoms with van der Waals surface area (Å²) < 4.78 is 16.2. The second-order valence-electron chi connectivity index (χ2n) is 5.87. The van der Waals surface area contributed by atoms with Crippen LogP contribution in [0.3, 0.4) is 0 Å². The van der Waals surface area contributed by atoms with Crippen LogP contribution in [0.5, 0.6) is 0 Å². The standard InChI is InChI=1S/C16H31NO6/c1-2-13(18)5-3-4-12-10-23-14(16(20)15(12)19)11-22-9-8-21-7-6-17/h12,14-16,19-20H,2-11,17H2,1H3/t12-,14+,15+,16-/m0/s1. The molecule has 0 amide bonds. The molecule has 0 aliphatic carbocycles. The zero-order valence-corrected chi connectivity index (χ0v) is 14.0. The van der Waals surface area contributed by atoms with Crippen LogP contribution >= 0.6 is 0 Å². The highest BCUT2D eigenvalue weighted by molar-refractivity contribution is 5.77. The molecule has 1 rings (SSSR count). The summed E-state index contributed by atoms with van der Waals surface area (Å²) in [5, 5.41) is 20.3. The molecule has 0 aromatic rings. The van der Waals surface area contributed by atoms with E-state index in [-0.39, 0.29) is 18.3 Å². The molecule has 23 heavy (non-hydrogen) atoms. The van der Waals surface area contributed by atoms with Crippen LogP contribution in [-0.2, 0) is 19.0 Å². The van der Waals surface area contributed by atoms with Gasteiger partial charge in [-0.1, -0.05) is 6.92 Å². The molecule has 0 unspecified atom stereocenters. The lowest BCUT2D eigenvalue weighted by molar-refractivity contribution is -0.182. The van der Waals surface area contributed by atoms with Crippen molar-refractivity contribution < 1.29 is 29.2 Å². The molecule has 1 saturated heterocycles. The minimum atomic E-state index is -0.972. The Labute approximate surface area is 138 Å². The van der Waals surface area contributed by atoms with Crippen LogP contribution in [0.25, 0.3) is 0 Å². The predicted octanol–water partition coefficient (Wildman–Crippen LogP) is -0.135. The Kier molecular flexibility index (Phi) is 10.6. The van der Waals surface area contributed by atoms with Gasteiger partial charge in [0, 0.05) is 25.3 Å². The molecule has 0 aromatic heterocycles. The molecule has 136 valence electrons. The van der Waals surface area contributed by atoms with Crippen molar-refractivity contribution in [2.45, 2.75) is 50.9 Å². The molecule has 4 atom stereocenters. The smallest absolute Gasteiger partial charge is 0.132 e. The molecule has 0 bridgehead atoms. The van der Waals surface area contributed by atoms with Crippen LogP contribution in [0.4, 0.5) is 0 Å². The third-order valence-corrected chi connectivity index (χ3v) is 4.08. The first-order chi connectivity index (χ1) is 11.1. The van der Waals surface area contributed by atoms with Gasteiger partial charge in [-0.05, 0) is 12.8 Å². The fourth-order valence-electron chi connectivity index (χ4n) is 2.58. The molecular weight excluding hydrogens is 302 g/mol. The SMILES string of the molecule is CCC(=O)CCC[C@H]1CO[C@H](COCCOCCN)[C@H](O)[C@@H]1O. The summed E-state index contributed by atoms with van der Waals surface area (Å²) in [6.07, 6.45) is 0.0942. The zero-order valence-electron chi connectivity index (χ0n) is 14.0. The Morgan fingerprint density at radius 2 is 1.96 bits per heavy atom. The van der Waals surface area contributed by atoms with E-state index >= 15 is 0 Å². The van der Waals surface area contributed by atoms with Crippen molar-refractivity contribution in [2.24, 2.45) is 11.7 Å². The van der Waals surface area contributed by atoms with Crippen molar-refractivity contribution in [2.75, 3.05) is 39.6 Å². The summed E-state index contributed by atoms with van der Waals surface area (Å²) in [6, 6.07) is 0. The van der Waals surface area contributed by atoms with Crippen LogP contribution < -0.4 is 5.73 Å². The molecule has 1 fully saturated rings. The fraction of sp³-hybridized carbons (Fsp3) is 0.938. The van der Waals surface area contributed by atoms with E-state index < -0.39 is 18.3 Å². The molecule has 1 aliphatic heterocycles. The number of hydrogen-bond donors (Lipinski definition) is 3. The number of aliphatic hydroxyl groups is 2. The molecule has 7 nitrogen and oxygen atoms in total. The highest BCUT2D eigenvalue weighted by Gasteiger charge is 2.38. The maximum absolute atomic E-state index is 11.3. The number of carbonyl (C=O) groups excluding carboxylic acids is 1. The first kappa shape index (κ1) is 20.5. The number of ether oxygens (including phenoxy) is 3. The number of Topliss-reactive ketones (excluding diaryl/α,β-unsaturated/α-hetero) is 1. The minimum absolute atomic E-state index is 0.140. The number of rotatable bonds is 12. The Morgan fingerprint density at radius 1 is 1.22 bits per heavy atom. The second-order valence-corrected chi connectivity index (χ2v) is 5.87. The van der Waals surface area contributed by atoms with Gasteiger partial charge in [-0.25, -0.2) is 0 Å². The van der Waals surface area contributed by atoms with Crippen molar-refractivity contribution in [1.82, 2.24) is 0 Å². The van der Waals surface area contributed by atoms with Gasteiger partial charge < -0.3 is 30.2 Å². The summed E-state index contributed by atoms with van der Waals surface area (Å²) in [5.74, 6) is 0.0821. The summed E-state index contributed by atoms with van der Waals surface area (Å²) in [4.78, 5) is 11.3. The van der Waals surface area contributed by atoms with Crippen molar-refractivity contribution >= 4 is 5.78 Å². The first-order valence-corrected chi connectivity index (χ1v) is 8.45. The van der Waals surface area contributed by atoms with Gasteiger partial charge >= 0.3 is 0 Å². The second kappa shape index (κ2) is 11.9. The van der Waals surface area contributed by atoms with Crippen LogP contribution in [0, 0.1) is 5.92 Å². The molecule has 4 N–H and O–H groups in total. The van der Waals surface area contributed by atoms with Gasteiger partial charge in [0.1, 0.15) is 18.0 Å². The minimum Gasteiger partial charge on any atom is -0.390 e. The molecular formula is C16H31NO6. The quantitative estimate of drug-likeness (QED) is 0.426. The average Bonchev–Trinajstić information content (AvgIpc) is 2.56. The predicted molar refractivity (Wildman–Crippen MR) is 85.1 cm³/mol. The number of ketones is 1. The van der Waals surface area contributed by atoms with Gasteiger partial charge in [0.2, 0.25) is 0 Å². The lowest BCUT2D eigenvalue weighted by Gasteiger charge is -2.37. The first-order valence-electron chi connectivity index (χ1n) is 8.45. The van der Waals surface area contributed by atoms with Gasteiger partial charge in [-0.2, -0.15) is 0 Å². The summed E-state index contributed by atoms with van der Waals surface area (Å²) >= 11 is 0. The third-order valence-electron chi connectivity index (χ3n) is 4.08. The Hall–Kier alpha value is -0.570.